The van der Waals surface area contributed by atoms with Gasteiger partial charge in [0.15, 0.2) is 9.84 Å². The van der Waals surface area contributed by atoms with Crippen LogP contribution in [0, 0.1) is 0 Å². The number of fused-ring (bicyclic) bond motifs is 1. The van der Waals surface area contributed by atoms with Crippen LogP contribution in [-0.4, -0.2) is 39.9 Å². The number of sulfone groups is 1. The van der Waals surface area contributed by atoms with Crippen molar-refractivity contribution in [1.82, 2.24) is 9.55 Å². The molecule has 0 amide bonds. The Balaban J connectivity index is 2.53. The fourth-order valence-corrected chi connectivity index (χ4v) is 3.51. The summed E-state index contributed by atoms with van der Waals surface area (Å²) in [7, 11) is -4.27. The van der Waals surface area contributed by atoms with Crippen molar-refractivity contribution in [3.8, 4) is 0 Å². The number of nitrogen functional groups attached to an aromatic ring is 1. The smallest absolute Gasteiger partial charge is 0.201 e. The maximum Gasteiger partial charge on any atom is 0.201 e. The Labute approximate surface area is 120 Å². The fourth-order valence-electron chi connectivity index (χ4n) is 2.01. The first kappa shape index (κ1) is 15.0. The van der Waals surface area contributed by atoms with E-state index in [1.165, 1.54) is 6.07 Å². The molecule has 0 aliphatic heterocycles. The number of rotatable bonds is 5. The van der Waals surface area contributed by atoms with Gasteiger partial charge in [-0.3, -0.25) is 4.21 Å². The highest BCUT2D eigenvalue weighted by atomic mass is 32.2. The van der Waals surface area contributed by atoms with Gasteiger partial charge in [-0.05, 0) is 12.1 Å². The van der Waals surface area contributed by atoms with Crippen molar-refractivity contribution >= 4 is 37.6 Å². The summed E-state index contributed by atoms with van der Waals surface area (Å²) in [6.07, 6.45) is 1.14. The molecule has 1 unspecified atom stereocenters. The van der Waals surface area contributed by atoms with Crippen LogP contribution in [0.25, 0.3) is 11.0 Å². The van der Waals surface area contributed by atoms with Crippen LogP contribution in [0.2, 0.25) is 0 Å². The summed E-state index contributed by atoms with van der Waals surface area (Å²) in [6, 6.07) is 4.94. The molecule has 6 nitrogen and oxygen atoms in total. The van der Waals surface area contributed by atoms with E-state index in [0.717, 1.165) is 6.26 Å². The Morgan fingerprint density at radius 1 is 1.40 bits per heavy atom. The third-order valence-electron chi connectivity index (χ3n) is 3.04. The first-order chi connectivity index (χ1) is 9.34. The first-order valence-electron chi connectivity index (χ1n) is 6.14. The van der Waals surface area contributed by atoms with E-state index in [9.17, 15) is 12.6 Å². The molecule has 1 atom stereocenters. The average Bonchev–Trinajstić information content (AvgIpc) is 2.70. The van der Waals surface area contributed by atoms with Crippen LogP contribution in [-0.2, 0) is 27.2 Å². The quantitative estimate of drug-likeness (QED) is 0.880. The van der Waals surface area contributed by atoms with E-state index >= 15 is 0 Å². The zero-order valence-electron chi connectivity index (χ0n) is 11.4. The van der Waals surface area contributed by atoms with Gasteiger partial charge in [0.25, 0.3) is 0 Å². The van der Waals surface area contributed by atoms with Crippen LogP contribution in [0.4, 0.5) is 5.95 Å². The summed E-state index contributed by atoms with van der Waals surface area (Å²) in [5.74, 6) is 1.29. The molecule has 1 aromatic carbocycles. The fraction of sp³-hybridized carbons (Fsp3) is 0.417. The molecule has 110 valence electrons. The second-order valence-corrected chi connectivity index (χ2v) is 8.30. The molecule has 0 fully saturated rings. The van der Waals surface area contributed by atoms with Crippen molar-refractivity contribution < 1.29 is 12.6 Å². The largest absolute Gasteiger partial charge is 0.369 e. The Bertz CT molecular complexity index is 766. The van der Waals surface area contributed by atoms with Gasteiger partial charge in [0.2, 0.25) is 5.95 Å². The molecule has 2 rings (SSSR count). The average molecular weight is 315 g/mol. The molecule has 0 radical (unpaired) electrons. The molecular formula is C12H17N3O3S2. The van der Waals surface area contributed by atoms with Gasteiger partial charge in [-0.15, -0.1) is 0 Å². The second kappa shape index (κ2) is 5.53. The molecule has 0 aliphatic rings. The van der Waals surface area contributed by atoms with E-state index in [4.69, 9.17) is 5.73 Å². The molecule has 1 heterocycles. The second-order valence-electron chi connectivity index (χ2n) is 4.45. The lowest BCUT2D eigenvalue weighted by molar-refractivity contribution is 0.602. The van der Waals surface area contributed by atoms with Crippen molar-refractivity contribution in [3.05, 3.63) is 18.2 Å². The summed E-state index contributed by atoms with van der Waals surface area (Å²) in [5.41, 5.74) is 6.87. The van der Waals surface area contributed by atoms with Gasteiger partial charge in [0.1, 0.15) is 5.52 Å². The number of hydrogen-bond donors (Lipinski definition) is 1. The number of anilines is 1. The monoisotopic (exact) mass is 315 g/mol. The molecule has 20 heavy (non-hydrogen) atoms. The highest BCUT2D eigenvalue weighted by molar-refractivity contribution is 7.91. The third kappa shape index (κ3) is 2.85. The number of aryl methyl sites for hydroxylation is 1. The van der Waals surface area contributed by atoms with Crippen molar-refractivity contribution in [3.63, 3.8) is 0 Å². The molecule has 0 spiro atoms. The Hall–Kier alpha value is -1.41. The molecule has 1 aromatic heterocycles. The van der Waals surface area contributed by atoms with E-state index in [0.29, 0.717) is 29.1 Å². The van der Waals surface area contributed by atoms with Crippen molar-refractivity contribution in [2.75, 3.05) is 23.5 Å². The van der Waals surface area contributed by atoms with Crippen LogP contribution in [0.1, 0.15) is 6.92 Å². The van der Waals surface area contributed by atoms with E-state index < -0.39 is 20.6 Å². The van der Waals surface area contributed by atoms with Gasteiger partial charge < -0.3 is 10.3 Å². The molecule has 0 saturated heterocycles. The van der Waals surface area contributed by atoms with E-state index in [1.807, 2.05) is 6.92 Å². The van der Waals surface area contributed by atoms with E-state index in [1.54, 1.807) is 16.7 Å². The summed E-state index contributed by atoms with van der Waals surface area (Å²) in [6.45, 7) is 2.31. The van der Waals surface area contributed by atoms with Gasteiger partial charge in [-0.25, -0.2) is 13.4 Å². The highest BCUT2D eigenvalue weighted by Crippen LogP contribution is 2.24. The number of nitrogens with zero attached hydrogens (tertiary/aromatic N) is 2. The topological polar surface area (TPSA) is 95.0 Å². The molecule has 2 N–H and O–H groups in total. The van der Waals surface area contributed by atoms with Crippen molar-refractivity contribution in [2.24, 2.45) is 0 Å². The Morgan fingerprint density at radius 3 is 2.70 bits per heavy atom. The zero-order valence-corrected chi connectivity index (χ0v) is 13.0. The minimum Gasteiger partial charge on any atom is -0.369 e. The summed E-state index contributed by atoms with van der Waals surface area (Å²) >= 11 is 0. The van der Waals surface area contributed by atoms with Gasteiger partial charge in [-0.1, -0.05) is 13.0 Å². The standard InChI is InChI=1S/C12H17N3O3S2/c1-3-19(16)8-7-15-9-5-4-6-10(20(2,17)18)11(9)14-12(15)13/h4-6H,3,7-8H2,1-2H3,(H2,13,14). The number of nitrogens with two attached hydrogens (primary N) is 1. The van der Waals surface area contributed by atoms with Crippen LogP contribution in [0.15, 0.2) is 23.1 Å². The lowest BCUT2D eigenvalue weighted by atomic mass is 10.3. The van der Waals surface area contributed by atoms with Crippen LogP contribution in [0.3, 0.4) is 0 Å². The molecule has 0 bridgehead atoms. The predicted molar refractivity (Wildman–Crippen MR) is 80.8 cm³/mol. The Morgan fingerprint density at radius 2 is 2.10 bits per heavy atom. The normalized spacial score (nSPS) is 13.7. The molecule has 8 heteroatoms. The minimum atomic E-state index is -3.36. The van der Waals surface area contributed by atoms with Crippen LogP contribution in [0.5, 0.6) is 0 Å². The SMILES string of the molecule is CCS(=O)CCn1c(N)nc2c(S(C)(=O)=O)cccc21. The molecule has 0 saturated carbocycles. The third-order valence-corrected chi connectivity index (χ3v) is 5.45. The number of hydrogen-bond acceptors (Lipinski definition) is 5. The summed E-state index contributed by atoms with van der Waals surface area (Å²) in [5, 5.41) is 0. The number of imidazole rings is 1. The molecule has 2 aromatic rings. The van der Waals surface area contributed by atoms with Gasteiger partial charge in [0.05, 0.1) is 10.4 Å². The Kier molecular flexibility index (Phi) is 4.14. The number of para-hydroxylation sites is 1. The highest BCUT2D eigenvalue weighted by Gasteiger charge is 2.17. The number of benzene rings is 1. The van der Waals surface area contributed by atoms with Crippen LogP contribution >= 0.6 is 0 Å². The minimum absolute atomic E-state index is 0.164. The molecule has 0 aliphatic carbocycles. The predicted octanol–water partition coefficient (Wildman–Crippen LogP) is 0.791. The summed E-state index contributed by atoms with van der Waals surface area (Å²) in [4.78, 5) is 4.31. The lowest BCUT2D eigenvalue weighted by Crippen LogP contribution is -2.11. The van der Waals surface area contributed by atoms with Gasteiger partial charge >= 0.3 is 0 Å². The van der Waals surface area contributed by atoms with Gasteiger partial charge in [-0.2, -0.15) is 0 Å². The zero-order chi connectivity index (χ0) is 14.9. The molecular weight excluding hydrogens is 298 g/mol. The summed E-state index contributed by atoms with van der Waals surface area (Å²) < 4.78 is 36.7. The van der Waals surface area contributed by atoms with Gasteiger partial charge in [0, 0.05) is 35.1 Å². The lowest BCUT2D eigenvalue weighted by Gasteiger charge is -2.06. The maximum atomic E-state index is 11.7. The van der Waals surface area contributed by atoms with Crippen molar-refractivity contribution in [1.29, 1.82) is 0 Å². The first-order valence-corrected chi connectivity index (χ1v) is 9.52. The van der Waals surface area contributed by atoms with E-state index in [-0.39, 0.29) is 10.8 Å². The number of aromatic nitrogens is 2. The van der Waals surface area contributed by atoms with Crippen molar-refractivity contribution in [2.45, 2.75) is 18.4 Å². The maximum absolute atomic E-state index is 11.7. The van der Waals surface area contributed by atoms with Crippen LogP contribution < -0.4 is 5.73 Å². The van der Waals surface area contributed by atoms with E-state index in [2.05, 4.69) is 4.98 Å².